The van der Waals surface area contributed by atoms with Crippen molar-refractivity contribution in [2.24, 2.45) is 5.92 Å². The molecular formula is C29H44N2O5S. The Morgan fingerprint density at radius 1 is 1.05 bits per heavy atom. The average Bonchev–Trinajstić information content (AvgIpc) is 2.92. The van der Waals surface area contributed by atoms with Gasteiger partial charge in [-0.2, -0.15) is 8.42 Å². The van der Waals surface area contributed by atoms with Gasteiger partial charge in [-0.25, -0.2) is 0 Å². The van der Waals surface area contributed by atoms with Gasteiger partial charge in [0.1, 0.15) is 12.7 Å². The Morgan fingerprint density at radius 3 is 2.49 bits per heavy atom. The first kappa shape index (κ1) is 28.3. The van der Waals surface area contributed by atoms with Gasteiger partial charge in [-0.3, -0.25) is 4.18 Å². The number of aryl methyl sites for hydroxylation is 1. The Labute approximate surface area is 223 Å². The lowest BCUT2D eigenvalue weighted by atomic mass is 9.77. The molecule has 206 valence electrons. The number of ether oxygens (including phenoxy) is 1. The van der Waals surface area contributed by atoms with Crippen LogP contribution in [0.1, 0.15) is 64.4 Å². The van der Waals surface area contributed by atoms with Crippen molar-refractivity contribution in [3.8, 4) is 0 Å². The number of aliphatic hydroxyl groups is 1. The highest BCUT2D eigenvalue weighted by Crippen LogP contribution is 2.36. The topological polar surface area (TPSA) is 88.1 Å². The van der Waals surface area contributed by atoms with E-state index in [4.69, 9.17) is 8.92 Å². The van der Waals surface area contributed by atoms with Crippen LogP contribution in [0.2, 0.25) is 0 Å². The summed E-state index contributed by atoms with van der Waals surface area (Å²) in [5, 5.41) is 14.2. The largest absolute Gasteiger partial charge is 0.495 e. The number of nitrogens with one attached hydrogen (secondary N) is 1. The second-order valence-electron chi connectivity index (χ2n) is 10.7. The lowest BCUT2D eigenvalue weighted by Crippen LogP contribution is -2.50. The SMILES string of the molecule is CCN(CC)[C@H]1CC=C(C2CC[C@@H]3CC(OCC(O)COS(=O)(=O)c4ccc(C)cc4)=CC[C@@H]3N2)CC1. The van der Waals surface area contributed by atoms with E-state index in [0.29, 0.717) is 24.0 Å². The summed E-state index contributed by atoms with van der Waals surface area (Å²) in [5.74, 6) is 1.42. The van der Waals surface area contributed by atoms with Crippen LogP contribution >= 0.6 is 0 Å². The third kappa shape index (κ3) is 7.45. The van der Waals surface area contributed by atoms with E-state index >= 15 is 0 Å². The molecule has 1 heterocycles. The number of hydrogen-bond acceptors (Lipinski definition) is 7. The minimum Gasteiger partial charge on any atom is -0.495 e. The molecule has 0 saturated carbocycles. The molecular weight excluding hydrogens is 488 g/mol. The van der Waals surface area contributed by atoms with Crippen LogP contribution in [0.4, 0.5) is 0 Å². The van der Waals surface area contributed by atoms with Crippen LogP contribution in [-0.2, 0) is 19.0 Å². The molecule has 2 unspecified atom stereocenters. The summed E-state index contributed by atoms with van der Waals surface area (Å²) in [6, 6.07) is 8.09. The predicted octanol–water partition coefficient (Wildman–Crippen LogP) is 4.31. The number of rotatable bonds is 11. The molecule has 37 heavy (non-hydrogen) atoms. The fourth-order valence-electron chi connectivity index (χ4n) is 6.00. The molecule has 1 aliphatic heterocycles. The number of hydrogen-bond donors (Lipinski definition) is 2. The molecule has 0 amide bonds. The van der Waals surface area contributed by atoms with E-state index in [9.17, 15) is 13.5 Å². The van der Waals surface area contributed by atoms with Crippen molar-refractivity contribution in [2.45, 2.75) is 94.8 Å². The zero-order chi connectivity index (χ0) is 26.4. The monoisotopic (exact) mass is 532 g/mol. The summed E-state index contributed by atoms with van der Waals surface area (Å²) in [4.78, 5) is 2.67. The number of nitrogens with zero attached hydrogens (tertiary/aromatic N) is 1. The van der Waals surface area contributed by atoms with Gasteiger partial charge in [-0.05, 0) is 82.7 Å². The van der Waals surface area contributed by atoms with Crippen molar-refractivity contribution >= 4 is 10.1 Å². The summed E-state index contributed by atoms with van der Waals surface area (Å²) >= 11 is 0. The first-order chi connectivity index (χ1) is 17.8. The minimum atomic E-state index is -3.90. The third-order valence-electron chi connectivity index (χ3n) is 8.25. The Hall–Kier alpha value is -1.71. The van der Waals surface area contributed by atoms with Crippen molar-refractivity contribution in [3.63, 3.8) is 0 Å². The Bertz CT molecular complexity index is 1050. The summed E-state index contributed by atoms with van der Waals surface area (Å²) < 4.78 is 35.6. The number of aliphatic hydroxyl groups excluding tert-OH is 1. The van der Waals surface area contributed by atoms with Crippen molar-refractivity contribution in [1.82, 2.24) is 10.2 Å². The van der Waals surface area contributed by atoms with Gasteiger partial charge >= 0.3 is 0 Å². The standard InChI is InChI=1S/C29H44N2O5S/c1-4-31(5-2)24-11-8-22(9-12-24)28-16-10-23-18-26(13-17-29(23)30-28)35-19-25(32)20-36-37(33,34)27-14-6-21(3)7-15-27/h6-8,13-15,23-25,28-30,32H,4-5,9-12,16-20H2,1-3H3/t23-,24+,25?,28?,29+/m1/s1. The molecule has 0 aromatic heterocycles. The molecule has 1 fully saturated rings. The van der Waals surface area contributed by atoms with Crippen LogP contribution in [0.5, 0.6) is 0 Å². The van der Waals surface area contributed by atoms with E-state index < -0.39 is 16.2 Å². The van der Waals surface area contributed by atoms with E-state index in [-0.39, 0.29) is 18.1 Å². The maximum absolute atomic E-state index is 12.3. The molecule has 5 atom stereocenters. The molecule has 0 spiro atoms. The Morgan fingerprint density at radius 2 is 1.81 bits per heavy atom. The lowest BCUT2D eigenvalue weighted by Gasteiger charge is -2.42. The fraction of sp³-hybridized carbons (Fsp3) is 0.655. The highest BCUT2D eigenvalue weighted by Gasteiger charge is 2.35. The quantitative estimate of drug-likeness (QED) is 0.324. The van der Waals surface area contributed by atoms with Gasteiger partial charge in [0.15, 0.2) is 0 Å². The number of fused-ring (bicyclic) bond motifs is 1. The number of benzene rings is 1. The molecule has 1 aromatic carbocycles. The van der Waals surface area contributed by atoms with Gasteiger partial charge in [-0.15, -0.1) is 0 Å². The summed E-state index contributed by atoms with van der Waals surface area (Å²) in [7, 11) is -3.90. The van der Waals surface area contributed by atoms with Gasteiger partial charge in [0.2, 0.25) is 0 Å². The zero-order valence-corrected chi connectivity index (χ0v) is 23.4. The van der Waals surface area contributed by atoms with Crippen LogP contribution in [0.25, 0.3) is 0 Å². The van der Waals surface area contributed by atoms with E-state index in [1.54, 1.807) is 17.7 Å². The van der Waals surface area contributed by atoms with Crippen molar-refractivity contribution in [3.05, 3.63) is 53.3 Å². The summed E-state index contributed by atoms with van der Waals surface area (Å²) in [6.45, 7) is 8.34. The predicted molar refractivity (Wildman–Crippen MR) is 146 cm³/mol. The van der Waals surface area contributed by atoms with Gasteiger partial charge in [0.05, 0.1) is 17.3 Å². The van der Waals surface area contributed by atoms with Gasteiger partial charge in [0, 0.05) is 24.5 Å². The molecule has 4 rings (SSSR count). The number of allylic oxidation sites excluding steroid dienone is 1. The minimum absolute atomic E-state index is 0.0171. The zero-order valence-electron chi connectivity index (χ0n) is 22.6. The van der Waals surface area contributed by atoms with E-state index in [1.807, 2.05) is 6.92 Å². The highest BCUT2D eigenvalue weighted by atomic mass is 32.2. The smallest absolute Gasteiger partial charge is 0.297 e. The molecule has 1 saturated heterocycles. The third-order valence-corrected chi connectivity index (χ3v) is 9.55. The average molecular weight is 533 g/mol. The van der Waals surface area contributed by atoms with Crippen LogP contribution in [0.15, 0.2) is 52.6 Å². The molecule has 0 bridgehead atoms. The molecule has 1 aromatic rings. The fourth-order valence-corrected chi connectivity index (χ4v) is 6.94. The second-order valence-corrected chi connectivity index (χ2v) is 12.3. The first-order valence-corrected chi connectivity index (χ1v) is 15.3. The van der Waals surface area contributed by atoms with Crippen molar-refractivity contribution in [2.75, 3.05) is 26.3 Å². The maximum Gasteiger partial charge on any atom is 0.297 e. The summed E-state index contributed by atoms with van der Waals surface area (Å²) in [5.41, 5.74) is 2.56. The van der Waals surface area contributed by atoms with Crippen molar-refractivity contribution < 1.29 is 22.4 Å². The Kier molecular flexibility index (Phi) is 9.86. The van der Waals surface area contributed by atoms with Crippen LogP contribution in [0, 0.1) is 12.8 Å². The van der Waals surface area contributed by atoms with E-state index in [2.05, 4.69) is 36.2 Å². The first-order valence-electron chi connectivity index (χ1n) is 13.9. The van der Waals surface area contributed by atoms with Gasteiger partial charge in [-0.1, -0.05) is 43.2 Å². The Balaban J connectivity index is 1.21. The van der Waals surface area contributed by atoms with E-state index in [1.165, 1.54) is 37.8 Å². The summed E-state index contributed by atoms with van der Waals surface area (Å²) in [6.07, 6.45) is 11.3. The normalized spacial score (nSPS) is 27.3. The molecule has 8 heteroatoms. The van der Waals surface area contributed by atoms with E-state index in [0.717, 1.165) is 43.7 Å². The molecule has 7 nitrogen and oxygen atoms in total. The maximum atomic E-state index is 12.3. The lowest BCUT2D eigenvalue weighted by molar-refractivity contribution is 0.0313. The highest BCUT2D eigenvalue weighted by molar-refractivity contribution is 7.86. The molecule has 0 radical (unpaired) electrons. The molecule has 2 aliphatic carbocycles. The van der Waals surface area contributed by atoms with Gasteiger partial charge < -0.3 is 20.1 Å². The van der Waals surface area contributed by atoms with Gasteiger partial charge in [0.25, 0.3) is 10.1 Å². The second kappa shape index (κ2) is 12.9. The molecule has 3 aliphatic rings. The molecule has 2 N–H and O–H groups in total. The van der Waals surface area contributed by atoms with Crippen LogP contribution in [-0.4, -0.2) is 69.0 Å². The van der Waals surface area contributed by atoms with Crippen LogP contribution in [0.3, 0.4) is 0 Å². The van der Waals surface area contributed by atoms with Crippen molar-refractivity contribution in [1.29, 1.82) is 0 Å². The van der Waals surface area contributed by atoms with Crippen LogP contribution < -0.4 is 5.32 Å². The number of piperidine rings is 1.